The maximum atomic E-state index is 12.5. The van der Waals surface area contributed by atoms with E-state index in [1.165, 1.54) is 19.3 Å². The van der Waals surface area contributed by atoms with Gasteiger partial charge in [0, 0.05) is 17.3 Å². The van der Waals surface area contributed by atoms with Gasteiger partial charge >= 0.3 is 0 Å². The Morgan fingerprint density at radius 3 is 2.62 bits per heavy atom. The summed E-state index contributed by atoms with van der Waals surface area (Å²) in [6.07, 6.45) is 4.81. The smallest absolute Gasteiger partial charge is 0.251 e. The highest BCUT2D eigenvalue weighted by Crippen LogP contribution is 2.30. The van der Waals surface area contributed by atoms with Crippen LogP contribution in [0.15, 0.2) is 18.2 Å². The number of nitrogens with two attached hydrogens (primary N) is 1. The molecule has 1 aliphatic rings. The van der Waals surface area contributed by atoms with E-state index in [-0.39, 0.29) is 18.3 Å². The molecular weight excluding hydrogens is 284 g/mol. The van der Waals surface area contributed by atoms with Crippen molar-refractivity contribution in [2.24, 2.45) is 11.8 Å². The van der Waals surface area contributed by atoms with E-state index in [2.05, 4.69) is 19.2 Å². The number of anilines is 1. The third-order valence-corrected chi connectivity index (χ3v) is 4.50. The summed E-state index contributed by atoms with van der Waals surface area (Å²) in [7, 11) is 0. The van der Waals surface area contributed by atoms with Gasteiger partial charge in [-0.05, 0) is 49.3 Å². The number of hydrogen-bond acceptors (Lipinski definition) is 2. The molecule has 1 fully saturated rings. The van der Waals surface area contributed by atoms with Gasteiger partial charge in [-0.3, -0.25) is 4.79 Å². The van der Waals surface area contributed by atoms with Gasteiger partial charge in [-0.2, -0.15) is 0 Å². The highest BCUT2D eigenvalue weighted by Gasteiger charge is 2.29. The van der Waals surface area contributed by atoms with Crippen LogP contribution in [-0.4, -0.2) is 11.9 Å². The summed E-state index contributed by atoms with van der Waals surface area (Å²) in [4.78, 5) is 12.5. The van der Waals surface area contributed by atoms with E-state index in [4.69, 9.17) is 5.73 Å². The molecule has 1 saturated carbocycles. The number of nitrogens with one attached hydrogen (secondary N) is 1. The highest BCUT2D eigenvalue weighted by molar-refractivity contribution is 5.96. The van der Waals surface area contributed by atoms with E-state index >= 15 is 0 Å². The fraction of sp³-hybridized carbons (Fsp3) is 0.588. The largest absolute Gasteiger partial charge is 0.399 e. The first-order chi connectivity index (χ1) is 9.49. The zero-order valence-electron chi connectivity index (χ0n) is 13.2. The molecule has 4 heteroatoms. The zero-order chi connectivity index (χ0) is 14.7. The SMILES string of the molecule is Cc1ccc(N)cc1C(=O)NC1CCCCC1C(C)C.Cl. The lowest BCUT2D eigenvalue weighted by Gasteiger charge is -2.35. The topological polar surface area (TPSA) is 55.1 Å². The van der Waals surface area contributed by atoms with Gasteiger partial charge in [0.2, 0.25) is 0 Å². The molecular formula is C17H27ClN2O. The standard InChI is InChI=1S/C17H26N2O.ClH/c1-11(2)14-6-4-5-7-16(14)19-17(20)15-10-13(18)9-8-12(15)3;/h8-11,14,16H,4-7,18H2,1-3H3,(H,19,20);1H. The van der Waals surface area contributed by atoms with Crippen LogP contribution >= 0.6 is 12.4 Å². The van der Waals surface area contributed by atoms with E-state index in [0.717, 1.165) is 12.0 Å². The van der Waals surface area contributed by atoms with Crippen molar-refractivity contribution in [1.29, 1.82) is 0 Å². The van der Waals surface area contributed by atoms with E-state index in [0.29, 0.717) is 29.1 Å². The van der Waals surface area contributed by atoms with Crippen molar-refractivity contribution in [3.05, 3.63) is 29.3 Å². The third kappa shape index (κ3) is 4.37. The molecule has 1 amide bonds. The second-order valence-corrected chi connectivity index (χ2v) is 6.35. The van der Waals surface area contributed by atoms with Gasteiger partial charge in [0.05, 0.1) is 0 Å². The monoisotopic (exact) mass is 310 g/mol. The van der Waals surface area contributed by atoms with E-state index in [1.807, 2.05) is 19.1 Å². The number of amides is 1. The second kappa shape index (κ2) is 7.69. The van der Waals surface area contributed by atoms with Crippen molar-refractivity contribution < 1.29 is 4.79 Å². The van der Waals surface area contributed by atoms with Crippen LogP contribution in [0.1, 0.15) is 55.5 Å². The molecule has 2 unspecified atom stereocenters. The summed E-state index contributed by atoms with van der Waals surface area (Å²) in [6.45, 7) is 6.46. The molecule has 3 nitrogen and oxygen atoms in total. The van der Waals surface area contributed by atoms with Gasteiger partial charge in [0.25, 0.3) is 5.91 Å². The lowest BCUT2D eigenvalue weighted by atomic mass is 9.77. The lowest BCUT2D eigenvalue weighted by Crippen LogP contribution is -2.44. The highest BCUT2D eigenvalue weighted by atomic mass is 35.5. The number of hydrogen-bond donors (Lipinski definition) is 2. The number of rotatable bonds is 3. The maximum absolute atomic E-state index is 12.5. The molecule has 0 heterocycles. The zero-order valence-corrected chi connectivity index (χ0v) is 14.0. The Kier molecular flexibility index (Phi) is 6.53. The number of nitrogen functional groups attached to an aromatic ring is 1. The summed E-state index contributed by atoms with van der Waals surface area (Å²) in [6, 6.07) is 5.82. The second-order valence-electron chi connectivity index (χ2n) is 6.35. The van der Waals surface area contributed by atoms with Gasteiger partial charge in [-0.25, -0.2) is 0 Å². The third-order valence-electron chi connectivity index (χ3n) is 4.50. The summed E-state index contributed by atoms with van der Waals surface area (Å²) < 4.78 is 0. The summed E-state index contributed by atoms with van der Waals surface area (Å²) in [5.41, 5.74) is 8.12. The Morgan fingerprint density at radius 1 is 1.29 bits per heavy atom. The van der Waals surface area contributed by atoms with Gasteiger partial charge < -0.3 is 11.1 Å². The van der Waals surface area contributed by atoms with Crippen molar-refractivity contribution in [2.45, 2.75) is 52.5 Å². The van der Waals surface area contributed by atoms with Gasteiger partial charge in [0.15, 0.2) is 0 Å². The molecule has 1 aromatic carbocycles. The average Bonchev–Trinajstić information content (AvgIpc) is 2.41. The van der Waals surface area contributed by atoms with Crippen LogP contribution in [0, 0.1) is 18.8 Å². The Balaban J connectivity index is 0.00000220. The lowest BCUT2D eigenvalue weighted by molar-refractivity contribution is 0.0888. The Bertz CT molecular complexity index is 488. The molecule has 0 spiro atoms. The first kappa shape index (κ1) is 17.8. The van der Waals surface area contributed by atoms with Crippen LogP contribution in [-0.2, 0) is 0 Å². The minimum Gasteiger partial charge on any atom is -0.399 e. The molecule has 0 bridgehead atoms. The predicted molar refractivity (Wildman–Crippen MR) is 90.9 cm³/mol. The van der Waals surface area contributed by atoms with Crippen molar-refractivity contribution in [1.82, 2.24) is 5.32 Å². The fourth-order valence-corrected chi connectivity index (χ4v) is 3.27. The molecule has 2 rings (SSSR count). The van der Waals surface area contributed by atoms with Crippen LogP contribution < -0.4 is 11.1 Å². The van der Waals surface area contributed by atoms with Crippen molar-refractivity contribution in [3.63, 3.8) is 0 Å². The predicted octanol–water partition coefficient (Wildman–Crippen LogP) is 3.94. The van der Waals surface area contributed by atoms with Gasteiger partial charge in [0.1, 0.15) is 0 Å². The van der Waals surface area contributed by atoms with E-state index in [9.17, 15) is 4.79 Å². The number of halogens is 1. The quantitative estimate of drug-likeness (QED) is 0.831. The van der Waals surface area contributed by atoms with Crippen LogP contribution in [0.25, 0.3) is 0 Å². The molecule has 1 aromatic rings. The first-order valence-corrected chi connectivity index (χ1v) is 7.66. The number of benzene rings is 1. The van der Waals surface area contributed by atoms with Crippen molar-refractivity contribution >= 4 is 24.0 Å². The van der Waals surface area contributed by atoms with Crippen LogP contribution in [0.5, 0.6) is 0 Å². The van der Waals surface area contributed by atoms with Crippen LogP contribution in [0.2, 0.25) is 0 Å². The van der Waals surface area contributed by atoms with Crippen molar-refractivity contribution in [3.8, 4) is 0 Å². The van der Waals surface area contributed by atoms with Gasteiger partial charge in [-0.15, -0.1) is 12.4 Å². The number of aryl methyl sites for hydroxylation is 1. The molecule has 1 aliphatic carbocycles. The number of carbonyl (C=O) groups excluding carboxylic acids is 1. The van der Waals surface area contributed by atoms with Gasteiger partial charge in [-0.1, -0.05) is 32.8 Å². The molecule has 21 heavy (non-hydrogen) atoms. The number of carbonyl (C=O) groups is 1. The van der Waals surface area contributed by atoms with Crippen molar-refractivity contribution in [2.75, 3.05) is 5.73 Å². The molecule has 118 valence electrons. The molecule has 2 atom stereocenters. The molecule has 3 N–H and O–H groups in total. The minimum absolute atomic E-state index is 0. The first-order valence-electron chi connectivity index (χ1n) is 7.66. The Labute approximate surface area is 134 Å². The molecule has 0 aromatic heterocycles. The fourth-order valence-electron chi connectivity index (χ4n) is 3.27. The van der Waals surface area contributed by atoms with E-state index in [1.54, 1.807) is 6.07 Å². The average molecular weight is 311 g/mol. The molecule has 0 aliphatic heterocycles. The minimum atomic E-state index is 0. The summed E-state index contributed by atoms with van der Waals surface area (Å²) in [5.74, 6) is 1.23. The Hall–Kier alpha value is -1.22. The Morgan fingerprint density at radius 2 is 1.95 bits per heavy atom. The summed E-state index contributed by atoms with van der Waals surface area (Å²) in [5, 5.41) is 3.24. The molecule has 0 radical (unpaired) electrons. The van der Waals surface area contributed by atoms with Crippen LogP contribution in [0.4, 0.5) is 5.69 Å². The summed E-state index contributed by atoms with van der Waals surface area (Å²) >= 11 is 0. The van der Waals surface area contributed by atoms with E-state index < -0.39 is 0 Å². The maximum Gasteiger partial charge on any atom is 0.251 e. The van der Waals surface area contributed by atoms with Crippen LogP contribution in [0.3, 0.4) is 0 Å². The molecule has 0 saturated heterocycles. The normalized spacial score (nSPS) is 21.7.